The topological polar surface area (TPSA) is 12.0 Å². The molecule has 0 saturated carbocycles. The van der Waals surface area contributed by atoms with E-state index in [9.17, 15) is 4.39 Å². The van der Waals surface area contributed by atoms with Crippen molar-refractivity contribution in [2.45, 2.75) is 25.9 Å². The lowest BCUT2D eigenvalue weighted by atomic mass is 10.0. The summed E-state index contributed by atoms with van der Waals surface area (Å²) >= 11 is 5.99. The van der Waals surface area contributed by atoms with Crippen molar-refractivity contribution < 1.29 is 4.39 Å². The van der Waals surface area contributed by atoms with E-state index in [4.69, 9.17) is 11.6 Å². The highest BCUT2D eigenvalue weighted by Crippen LogP contribution is 2.21. The molecular formula is C16H17ClFN. The molecule has 2 aromatic rings. The standard InChI is InChI=1S/C16H17ClFN/c1-11(13-6-8-16(18)9-7-13)19-12(2)14-4-3-5-15(17)10-14/h3-12,19H,1-2H3. The van der Waals surface area contributed by atoms with Crippen LogP contribution in [0.2, 0.25) is 5.02 Å². The maximum Gasteiger partial charge on any atom is 0.123 e. The molecule has 0 heterocycles. The van der Waals surface area contributed by atoms with Gasteiger partial charge in [0, 0.05) is 17.1 Å². The summed E-state index contributed by atoms with van der Waals surface area (Å²) in [6.07, 6.45) is 0. The van der Waals surface area contributed by atoms with E-state index in [1.807, 2.05) is 24.3 Å². The van der Waals surface area contributed by atoms with Crippen LogP contribution in [0.1, 0.15) is 37.1 Å². The summed E-state index contributed by atoms with van der Waals surface area (Å²) in [5, 5.41) is 4.21. The van der Waals surface area contributed by atoms with E-state index in [2.05, 4.69) is 19.2 Å². The number of halogens is 2. The highest BCUT2D eigenvalue weighted by molar-refractivity contribution is 6.30. The molecule has 2 unspecified atom stereocenters. The Hall–Kier alpha value is -1.38. The smallest absolute Gasteiger partial charge is 0.123 e. The van der Waals surface area contributed by atoms with E-state index in [1.165, 1.54) is 12.1 Å². The van der Waals surface area contributed by atoms with Crippen molar-refractivity contribution in [1.82, 2.24) is 5.32 Å². The largest absolute Gasteiger partial charge is 0.304 e. The Morgan fingerprint density at radius 3 is 2.21 bits per heavy atom. The highest BCUT2D eigenvalue weighted by Gasteiger charge is 2.11. The van der Waals surface area contributed by atoms with E-state index in [0.29, 0.717) is 0 Å². The molecular weight excluding hydrogens is 261 g/mol. The Labute approximate surface area is 118 Å². The molecule has 0 fully saturated rings. The molecule has 19 heavy (non-hydrogen) atoms. The van der Waals surface area contributed by atoms with Gasteiger partial charge in [0.1, 0.15) is 5.82 Å². The third-order valence-corrected chi connectivity index (χ3v) is 3.45. The molecule has 0 aliphatic carbocycles. The molecule has 1 N–H and O–H groups in total. The predicted molar refractivity (Wildman–Crippen MR) is 77.8 cm³/mol. The van der Waals surface area contributed by atoms with Crippen molar-refractivity contribution in [2.24, 2.45) is 0 Å². The van der Waals surface area contributed by atoms with Crippen LogP contribution in [0.3, 0.4) is 0 Å². The van der Waals surface area contributed by atoms with Crippen LogP contribution < -0.4 is 5.32 Å². The summed E-state index contributed by atoms with van der Waals surface area (Å²) in [4.78, 5) is 0. The Morgan fingerprint density at radius 2 is 1.58 bits per heavy atom. The average Bonchev–Trinajstić information content (AvgIpc) is 2.39. The molecule has 2 rings (SSSR count). The zero-order chi connectivity index (χ0) is 13.8. The number of benzene rings is 2. The quantitative estimate of drug-likeness (QED) is 0.839. The Kier molecular flexibility index (Phi) is 4.56. The van der Waals surface area contributed by atoms with Crippen molar-refractivity contribution >= 4 is 11.6 Å². The first kappa shape index (κ1) is 14.0. The third kappa shape index (κ3) is 3.79. The Balaban J connectivity index is 2.06. The molecule has 2 aromatic carbocycles. The van der Waals surface area contributed by atoms with Gasteiger partial charge in [-0.1, -0.05) is 35.9 Å². The highest BCUT2D eigenvalue weighted by atomic mass is 35.5. The van der Waals surface area contributed by atoms with Gasteiger partial charge >= 0.3 is 0 Å². The summed E-state index contributed by atoms with van der Waals surface area (Å²) in [7, 11) is 0. The molecule has 0 radical (unpaired) electrons. The average molecular weight is 278 g/mol. The minimum absolute atomic E-state index is 0.148. The normalized spacial score (nSPS) is 14.1. The van der Waals surface area contributed by atoms with E-state index < -0.39 is 0 Å². The SMILES string of the molecule is CC(NC(C)c1cccc(Cl)c1)c1ccc(F)cc1. The maximum absolute atomic E-state index is 12.9. The van der Waals surface area contributed by atoms with Crippen LogP contribution >= 0.6 is 11.6 Å². The van der Waals surface area contributed by atoms with Gasteiger partial charge in [-0.25, -0.2) is 4.39 Å². The first-order valence-electron chi connectivity index (χ1n) is 6.33. The van der Waals surface area contributed by atoms with E-state index in [0.717, 1.165) is 16.1 Å². The molecule has 0 saturated heterocycles. The summed E-state index contributed by atoms with van der Waals surface area (Å²) in [5.74, 6) is -0.209. The molecule has 100 valence electrons. The van der Waals surface area contributed by atoms with Crippen LogP contribution in [0.25, 0.3) is 0 Å². The lowest BCUT2D eigenvalue weighted by Crippen LogP contribution is -2.22. The maximum atomic E-state index is 12.9. The molecule has 0 aliphatic heterocycles. The Morgan fingerprint density at radius 1 is 0.947 bits per heavy atom. The van der Waals surface area contributed by atoms with E-state index in [-0.39, 0.29) is 17.9 Å². The van der Waals surface area contributed by atoms with Crippen molar-refractivity contribution in [3.05, 3.63) is 70.5 Å². The number of rotatable bonds is 4. The van der Waals surface area contributed by atoms with Gasteiger partial charge in [0.2, 0.25) is 0 Å². The van der Waals surface area contributed by atoms with Gasteiger partial charge in [0.15, 0.2) is 0 Å². The first-order valence-corrected chi connectivity index (χ1v) is 6.71. The molecule has 0 aromatic heterocycles. The fourth-order valence-electron chi connectivity index (χ4n) is 2.09. The van der Waals surface area contributed by atoms with Gasteiger partial charge in [-0.05, 0) is 49.2 Å². The van der Waals surface area contributed by atoms with Crippen LogP contribution in [0.5, 0.6) is 0 Å². The minimum Gasteiger partial charge on any atom is -0.304 e. The Bertz CT molecular complexity index is 539. The first-order chi connectivity index (χ1) is 9.06. The fraction of sp³-hybridized carbons (Fsp3) is 0.250. The molecule has 0 aliphatic rings. The molecule has 1 nitrogen and oxygen atoms in total. The van der Waals surface area contributed by atoms with Gasteiger partial charge in [0.05, 0.1) is 0 Å². The van der Waals surface area contributed by atoms with Crippen molar-refractivity contribution in [3.8, 4) is 0 Å². The van der Waals surface area contributed by atoms with Gasteiger partial charge in [-0.15, -0.1) is 0 Å². The monoisotopic (exact) mass is 277 g/mol. The number of hydrogen-bond acceptors (Lipinski definition) is 1. The molecule has 3 heteroatoms. The van der Waals surface area contributed by atoms with Gasteiger partial charge in [0.25, 0.3) is 0 Å². The summed E-state index contributed by atoms with van der Waals surface area (Å²) in [6, 6.07) is 14.7. The van der Waals surface area contributed by atoms with Crippen LogP contribution in [0.4, 0.5) is 4.39 Å². The van der Waals surface area contributed by atoms with Crippen molar-refractivity contribution in [2.75, 3.05) is 0 Å². The van der Waals surface area contributed by atoms with E-state index >= 15 is 0 Å². The fourth-order valence-corrected chi connectivity index (χ4v) is 2.29. The van der Waals surface area contributed by atoms with Gasteiger partial charge < -0.3 is 5.32 Å². The van der Waals surface area contributed by atoms with Crippen LogP contribution in [0.15, 0.2) is 48.5 Å². The second-order valence-electron chi connectivity index (χ2n) is 4.72. The molecule has 2 atom stereocenters. The summed E-state index contributed by atoms with van der Waals surface area (Å²) in [5.41, 5.74) is 2.21. The predicted octanol–water partition coefficient (Wildman–Crippen LogP) is 4.89. The zero-order valence-corrected chi connectivity index (χ0v) is 11.8. The zero-order valence-electron chi connectivity index (χ0n) is 11.0. The third-order valence-electron chi connectivity index (χ3n) is 3.22. The van der Waals surface area contributed by atoms with E-state index in [1.54, 1.807) is 12.1 Å². The lowest BCUT2D eigenvalue weighted by Gasteiger charge is -2.21. The van der Waals surface area contributed by atoms with Gasteiger partial charge in [-0.3, -0.25) is 0 Å². The second-order valence-corrected chi connectivity index (χ2v) is 5.15. The lowest BCUT2D eigenvalue weighted by molar-refractivity contribution is 0.494. The number of hydrogen-bond donors (Lipinski definition) is 1. The van der Waals surface area contributed by atoms with Crippen LogP contribution in [-0.2, 0) is 0 Å². The molecule has 0 spiro atoms. The number of nitrogens with one attached hydrogen (secondary N) is 1. The second kappa shape index (κ2) is 6.18. The van der Waals surface area contributed by atoms with Crippen LogP contribution in [-0.4, -0.2) is 0 Å². The summed E-state index contributed by atoms with van der Waals surface area (Å²) in [6.45, 7) is 4.15. The van der Waals surface area contributed by atoms with Crippen LogP contribution in [0, 0.1) is 5.82 Å². The molecule has 0 bridgehead atoms. The van der Waals surface area contributed by atoms with Gasteiger partial charge in [-0.2, -0.15) is 0 Å². The van der Waals surface area contributed by atoms with Crippen molar-refractivity contribution in [1.29, 1.82) is 0 Å². The minimum atomic E-state index is -0.209. The summed E-state index contributed by atoms with van der Waals surface area (Å²) < 4.78 is 12.9. The van der Waals surface area contributed by atoms with Crippen molar-refractivity contribution in [3.63, 3.8) is 0 Å². The molecule has 0 amide bonds.